The van der Waals surface area contributed by atoms with Crippen LogP contribution in [-0.2, 0) is 19.6 Å². The molecule has 0 bridgehead atoms. The summed E-state index contributed by atoms with van der Waals surface area (Å²) < 4.78 is 35.3. The minimum atomic E-state index is -3.90. The van der Waals surface area contributed by atoms with Gasteiger partial charge in [0.05, 0.1) is 33.8 Å². The van der Waals surface area contributed by atoms with Crippen molar-refractivity contribution in [3.63, 3.8) is 0 Å². The molecule has 0 aromatic carbocycles. The van der Waals surface area contributed by atoms with Gasteiger partial charge in [0, 0.05) is 6.08 Å². The number of hydrogen-bond acceptors (Lipinski definition) is 4. The number of unbranched alkanes of at least 4 members (excludes halogenated alkanes) is 1. The third-order valence-electron chi connectivity index (χ3n) is 2.52. The van der Waals surface area contributed by atoms with Gasteiger partial charge in [-0.2, -0.15) is 8.42 Å². The van der Waals surface area contributed by atoms with Gasteiger partial charge in [0.15, 0.2) is 0 Å². The van der Waals surface area contributed by atoms with E-state index in [2.05, 4.69) is 6.58 Å². The van der Waals surface area contributed by atoms with Crippen molar-refractivity contribution in [3.8, 4) is 0 Å². The zero-order valence-electron chi connectivity index (χ0n) is 11.0. The summed E-state index contributed by atoms with van der Waals surface area (Å²) in [6.45, 7) is 4.73. The highest BCUT2D eigenvalue weighted by atomic mass is 32.2. The van der Waals surface area contributed by atoms with Crippen LogP contribution < -0.4 is 0 Å². The number of carbonyl (C=O) groups excluding carboxylic acids is 1. The molecule has 0 radical (unpaired) electrons. The number of hydrogen-bond donors (Lipinski definition) is 1. The molecule has 0 aromatic rings. The Labute approximate surface area is 109 Å². The van der Waals surface area contributed by atoms with Crippen LogP contribution in [0.25, 0.3) is 0 Å². The standard InChI is InChI=1S/C11H21NO5S/c1-4-11(13)17-9-6-5-7-12(2,3)8-10-18(14,15)16/h4H,1,5-10H2,2-3H3/p+1. The number of rotatable bonds is 9. The highest BCUT2D eigenvalue weighted by Crippen LogP contribution is 2.03. The van der Waals surface area contributed by atoms with Crippen molar-refractivity contribution in [1.29, 1.82) is 0 Å². The van der Waals surface area contributed by atoms with Crippen LogP contribution in [0.5, 0.6) is 0 Å². The molecule has 0 unspecified atom stereocenters. The van der Waals surface area contributed by atoms with Crippen molar-refractivity contribution >= 4 is 16.1 Å². The third kappa shape index (κ3) is 10.2. The molecule has 0 fully saturated rings. The minimum Gasteiger partial charge on any atom is -0.463 e. The summed E-state index contributed by atoms with van der Waals surface area (Å²) in [5.41, 5.74) is 0. The van der Waals surface area contributed by atoms with E-state index in [1.807, 2.05) is 14.1 Å². The summed E-state index contributed by atoms with van der Waals surface area (Å²) >= 11 is 0. The summed E-state index contributed by atoms with van der Waals surface area (Å²) in [7, 11) is -0.124. The predicted molar refractivity (Wildman–Crippen MR) is 68.6 cm³/mol. The van der Waals surface area contributed by atoms with Gasteiger partial charge in [0.2, 0.25) is 0 Å². The average Bonchev–Trinajstić information content (AvgIpc) is 2.25. The molecule has 0 aliphatic rings. The monoisotopic (exact) mass is 280 g/mol. The molecular weight excluding hydrogens is 258 g/mol. The molecule has 0 saturated heterocycles. The van der Waals surface area contributed by atoms with Crippen LogP contribution in [0.3, 0.4) is 0 Å². The molecule has 0 aliphatic heterocycles. The Morgan fingerprint density at radius 2 is 1.94 bits per heavy atom. The van der Waals surface area contributed by atoms with Gasteiger partial charge in [-0.05, 0) is 12.8 Å². The van der Waals surface area contributed by atoms with Crippen molar-refractivity contribution in [2.24, 2.45) is 0 Å². The second-order valence-electron chi connectivity index (χ2n) is 4.75. The summed E-state index contributed by atoms with van der Waals surface area (Å²) in [6, 6.07) is 0. The lowest BCUT2D eigenvalue weighted by Crippen LogP contribution is -2.43. The lowest BCUT2D eigenvalue weighted by Gasteiger charge is -2.29. The van der Waals surface area contributed by atoms with Gasteiger partial charge in [-0.1, -0.05) is 6.58 Å². The van der Waals surface area contributed by atoms with Gasteiger partial charge < -0.3 is 9.22 Å². The van der Waals surface area contributed by atoms with Gasteiger partial charge >= 0.3 is 5.97 Å². The first-order valence-electron chi connectivity index (χ1n) is 5.73. The predicted octanol–water partition coefficient (Wildman–Crippen LogP) is 0.460. The van der Waals surface area contributed by atoms with Crippen LogP contribution in [0.4, 0.5) is 0 Å². The molecule has 7 heteroatoms. The first-order chi connectivity index (χ1) is 8.16. The van der Waals surface area contributed by atoms with Crippen molar-refractivity contribution in [2.75, 3.05) is 39.5 Å². The van der Waals surface area contributed by atoms with Gasteiger partial charge in [-0.3, -0.25) is 4.55 Å². The van der Waals surface area contributed by atoms with E-state index < -0.39 is 16.1 Å². The fraction of sp³-hybridized carbons (Fsp3) is 0.727. The Morgan fingerprint density at radius 1 is 1.33 bits per heavy atom. The smallest absolute Gasteiger partial charge is 0.330 e. The average molecular weight is 280 g/mol. The highest BCUT2D eigenvalue weighted by molar-refractivity contribution is 7.85. The van der Waals surface area contributed by atoms with Crippen LogP contribution in [-0.4, -0.2) is 63.0 Å². The molecule has 18 heavy (non-hydrogen) atoms. The summed E-state index contributed by atoms with van der Waals surface area (Å²) in [6.07, 6.45) is 2.64. The molecule has 0 aliphatic carbocycles. The fourth-order valence-electron chi connectivity index (χ4n) is 1.35. The Kier molecular flexibility index (Phi) is 7.12. The number of quaternary nitrogens is 1. The van der Waals surface area contributed by atoms with Crippen LogP contribution in [0.2, 0.25) is 0 Å². The van der Waals surface area contributed by atoms with Crippen molar-refractivity contribution < 1.29 is 27.0 Å². The second kappa shape index (κ2) is 7.50. The first kappa shape index (κ1) is 17.1. The molecule has 0 aromatic heterocycles. The largest absolute Gasteiger partial charge is 0.463 e. The molecule has 0 heterocycles. The maximum atomic E-state index is 10.7. The molecule has 0 atom stereocenters. The number of nitrogens with zero attached hydrogens (tertiary/aromatic N) is 1. The number of carbonyl (C=O) groups is 1. The Balaban J connectivity index is 3.77. The van der Waals surface area contributed by atoms with Gasteiger partial charge in [0.1, 0.15) is 5.75 Å². The van der Waals surface area contributed by atoms with Crippen molar-refractivity contribution in [2.45, 2.75) is 12.8 Å². The molecule has 6 nitrogen and oxygen atoms in total. The third-order valence-corrected chi connectivity index (χ3v) is 3.22. The molecular formula is C11H22NO5S+. The van der Waals surface area contributed by atoms with Crippen molar-refractivity contribution in [1.82, 2.24) is 0 Å². The van der Waals surface area contributed by atoms with Crippen LogP contribution in [0.1, 0.15) is 12.8 Å². The molecule has 0 saturated carbocycles. The first-order valence-corrected chi connectivity index (χ1v) is 7.33. The minimum absolute atomic E-state index is 0.245. The maximum Gasteiger partial charge on any atom is 0.330 e. The SMILES string of the molecule is C=CC(=O)OCCCC[N+](C)(C)CCS(=O)(=O)O. The van der Waals surface area contributed by atoms with E-state index in [0.717, 1.165) is 19.0 Å². The van der Waals surface area contributed by atoms with E-state index in [0.29, 0.717) is 24.1 Å². The van der Waals surface area contributed by atoms with Gasteiger partial charge in [-0.25, -0.2) is 4.79 Å². The van der Waals surface area contributed by atoms with E-state index in [1.165, 1.54) is 0 Å². The summed E-state index contributed by atoms with van der Waals surface area (Å²) in [5.74, 6) is -0.680. The Bertz CT molecular complexity index is 375. The molecule has 106 valence electrons. The topological polar surface area (TPSA) is 80.7 Å². The van der Waals surface area contributed by atoms with E-state index in [4.69, 9.17) is 9.29 Å². The molecule has 0 rings (SSSR count). The molecule has 1 N–H and O–H groups in total. The summed E-state index contributed by atoms with van der Waals surface area (Å²) in [5, 5.41) is 0. The van der Waals surface area contributed by atoms with Crippen molar-refractivity contribution in [3.05, 3.63) is 12.7 Å². The lowest BCUT2D eigenvalue weighted by atomic mass is 10.3. The maximum absolute atomic E-state index is 10.7. The molecule has 0 amide bonds. The Morgan fingerprint density at radius 3 is 2.44 bits per heavy atom. The van der Waals surface area contributed by atoms with Crippen LogP contribution in [0.15, 0.2) is 12.7 Å². The summed E-state index contributed by atoms with van der Waals surface area (Å²) in [4.78, 5) is 10.7. The van der Waals surface area contributed by atoms with Gasteiger partial charge in [-0.15, -0.1) is 0 Å². The lowest BCUT2D eigenvalue weighted by molar-refractivity contribution is -0.888. The second-order valence-corrected chi connectivity index (χ2v) is 6.32. The fourth-order valence-corrected chi connectivity index (χ4v) is 2.07. The van der Waals surface area contributed by atoms with Gasteiger partial charge in [0.25, 0.3) is 10.1 Å². The normalized spacial score (nSPS) is 12.2. The van der Waals surface area contributed by atoms with E-state index >= 15 is 0 Å². The van der Waals surface area contributed by atoms with Crippen LogP contribution >= 0.6 is 0 Å². The van der Waals surface area contributed by atoms with E-state index in [1.54, 1.807) is 0 Å². The van der Waals surface area contributed by atoms with E-state index in [9.17, 15) is 13.2 Å². The van der Waals surface area contributed by atoms with Crippen LogP contribution in [0, 0.1) is 0 Å². The Hall–Kier alpha value is -0.920. The quantitative estimate of drug-likeness (QED) is 0.218. The number of ether oxygens (including phenoxy) is 1. The number of esters is 1. The highest BCUT2D eigenvalue weighted by Gasteiger charge is 2.18. The zero-order valence-corrected chi connectivity index (χ0v) is 11.8. The molecule has 0 spiro atoms. The zero-order chi connectivity index (χ0) is 14.2. The van der Waals surface area contributed by atoms with E-state index in [-0.39, 0.29) is 5.75 Å².